The molecule has 0 saturated carbocycles. The maximum Gasteiger partial charge on any atom is 0.132 e. The molecule has 0 aliphatic heterocycles. The second-order valence-electron chi connectivity index (χ2n) is 2.59. The molecular weight excluding hydrogens is 366 g/mol. The molecule has 2 rings (SSSR count). The number of halogens is 3. The van der Waals surface area contributed by atoms with Crippen molar-refractivity contribution in [3.05, 3.63) is 32.5 Å². The van der Waals surface area contributed by atoms with Crippen LogP contribution in [0.4, 0.5) is 4.39 Å². The fourth-order valence-corrected chi connectivity index (χ4v) is 4.57. The minimum absolute atomic E-state index is 0.120. The van der Waals surface area contributed by atoms with Crippen LogP contribution in [0.15, 0.2) is 18.2 Å². The van der Waals surface area contributed by atoms with Crippen LogP contribution in [0.1, 0.15) is 4.88 Å². The Kier molecular flexibility index (Phi) is 2.90. The van der Waals surface area contributed by atoms with Gasteiger partial charge >= 0.3 is 0 Å². The standard InChI is InChI=1S/C9H5BrFIS/c10-4-7-9(12)8-5(11)2-1-3-6(8)13-7/h1-3H,4H2. The number of hydrogen-bond donors (Lipinski definition) is 0. The van der Waals surface area contributed by atoms with Crippen LogP contribution in [0.2, 0.25) is 0 Å². The predicted octanol–water partition coefficient (Wildman–Crippen LogP) is 4.54. The van der Waals surface area contributed by atoms with Gasteiger partial charge < -0.3 is 0 Å². The lowest BCUT2D eigenvalue weighted by molar-refractivity contribution is 0.639. The number of fused-ring (bicyclic) bond motifs is 1. The molecule has 0 aliphatic rings. The molecule has 0 fully saturated rings. The van der Waals surface area contributed by atoms with Gasteiger partial charge in [0.1, 0.15) is 5.82 Å². The highest BCUT2D eigenvalue weighted by Crippen LogP contribution is 2.35. The maximum atomic E-state index is 13.4. The van der Waals surface area contributed by atoms with E-state index in [0.29, 0.717) is 0 Å². The lowest BCUT2D eigenvalue weighted by Crippen LogP contribution is -1.78. The second kappa shape index (κ2) is 3.82. The van der Waals surface area contributed by atoms with Crippen LogP contribution in [0.5, 0.6) is 0 Å². The molecule has 0 spiro atoms. The van der Waals surface area contributed by atoms with Gasteiger partial charge in [0.2, 0.25) is 0 Å². The number of alkyl halides is 1. The molecule has 0 N–H and O–H groups in total. The predicted molar refractivity (Wildman–Crippen MR) is 67.1 cm³/mol. The number of hydrogen-bond acceptors (Lipinski definition) is 1. The first-order chi connectivity index (χ1) is 6.24. The summed E-state index contributed by atoms with van der Waals surface area (Å²) in [5.41, 5.74) is 0. The highest BCUT2D eigenvalue weighted by atomic mass is 127. The van der Waals surface area contributed by atoms with Crippen LogP contribution in [0.25, 0.3) is 10.1 Å². The Morgan fingerprint density at radius 2 is 2.23 bits per heavy atom. The quantitative estimate of drug-likeness (QED) is 0.510. The summed E-state index contributed by atoms with van der Waals surface area (Å²) < 4.78 is 15.4. The van der Waals surface area contributed by atoms with E-state index in [2.05, 4.69) is 38.5 Å². The zero-order valence-electron chi connectivity index (χ0n) is 6.48. The van der Waals surface area contributed by atoms with E-state index in [9.17, 15) is 4.39 Å². The van der Waals surface area contributed by atoms with Gasteiger partial charge in [0, 0.05) is 23.9 Å². The van der Waals surface area contributed by atoms with Crippen LogP contribution in [0, 0.1) is 9.39 Å². The monoisotopic (exact) mass is 370 g/mol. The number of benzene rings is 1. The van der Waals surface area contributed by atoms with Gasteiger partial charge in [-0.25, -0.2) is 4.39 Å². The van der Waals surface area contributed by atoms with E-state index >= 15 is 0 Å². The first kappa shape index (κ1) is 9.86. The summed E-state index contributed by atoms with van der Waals surface area (Å²) in [6, 6.07) is 5.22. The van der Waals surface area contributed by atoms with Gasteiger partial charge in [0.15, 0.2) is 0 Å². The molecular formula is C9H5BrFIS. The van der Waals surface area contributed by atoms with Crippen molar-refractivity contribution >= 4 is 59.9 Å². The van der Waals surface area contributed by atoms with E-state index in [4.69, 9.17) is 0 Å². The summed E-state index contributed by atoms with van der Waals surface area (Å²) in [5, 5.41) is 1.56. The highest BCUT2D eigenvalue weighted by molar-refractivity contribution is 14.1. The van der Waals surface area contributed by atoms with Crippen LogP contribution in [-0.2, 0) is 5.33 Å². The molecule has 0 bridgehead atoms. The Morgan fingerprint density at radius 3 is 2.85 bits per heavy atom. The highest BCUT2D eigenvalue weighted by Gasteiger charge is 2.11. The summed E-state index contributed by atoms with van der Waals surface area (Å²) in [4.78, 5) is 1.20. The van der Waals surface area contributed by atoms with Gasteiger partial charge in [-0.2, -0.15) is 0 Å². The van der Waals surface area contributed by atoms with Crippen molar-refractivity contribution in [2.75, 3.05) is 0 Å². The first-order valence-electron chi connectivity index (χ1n) is 3.65. The molecule has 0 saturated heterocycles. The average Bonchev–Trinajstić information content (AvgIpc) is 2.44. The SMILES string of the molecule is Fc1cccc2sc(CBr)c(I)c12. The molecule has 68 valence electrons. The molecule has 1 heterocycles. The Labute approximate surface area is 101 Å². The molecule has 13 heavy (non-hydrogen) atoms. The zero-order valence-corrected chi connectivity index (χ0v) is 11.0. The van der Waals surface area contributed by atoms with E-state index in [1.165, 1.54) is 10.9 Å². The summed E-state index contributed by atoms with van der Waals surface area (Å²) in [6.07, 6.45) is 0. The third kappa shape index (κ3) is 1.64. The molecule has 2 aromatic rings. The first-order valence-corrected chi connectivity index (χ1v) is 6.67. The second-order valence-corrected chi connectivity index (χ2v) is 5.36. The molecule has 1 aromatic carbocycles. The lowest BCUT2D eigenvalue weighted by atomic mass is 10.2. The fraction of sp³-hybridized carbons (Fsp3) is 0.111. The van der Waals surface area contributed by atoms with Crippen LogP contribution >= 0.6 is 49.9 Å². The normalized spacial score (nSPS) is 11.0. The van der Waals surface area contributed by atoms with Gasteiger partial charge in [-0.3, -0.25) is 0 Å². The largest absolute Gasteiger partial charge is 0.206 e. The van der Waals surface area contributed by atoms with Crippen LogP contribution in [-0.4, -0.2) is 0 Å². The molecule has 0 nitrogen and oxygen atoms in total. The van der Waals surface area contributed by atoms with Crippen molar-refractivity contribution in [2.45, 2.75) is 5.33 Å². The summed E-state index contributed by atoms with van der Waals surface area (Å²) in [7, 11) is 0. The van der Waals surface area contributed by atoms with Crippen molar-refractivity contribution in [1.82, 2.24) is 0 Å². The van der Waals surface area contributed by atoms with Gasteiger partial charge in [0.25, 0.3) is 0 Å². The zero-order chi connectivity index (χ0) is 9.42. The lowest BCUT2D eigenvalue weighted by Gasteiger charge is -1.92. The van der Waals surface area contributed by atoms with Crippen LogP contribution < -0.4 is 0 Å². The molecule has 0 unspecified atom stereocenters. The molecule has 0 radical (unpaired) electrons. The minimum Gasteiger partial charge on any atom is -0.206 e. The summed E-state index contributed by atoms with van der Waals surface area (Å²) >= 11 is 7.24. The van der Waals surface area contributed by atoms with Gasteiger partial charge in [0.05, 0.1) is 0 Å². The van der Waals surface area contributed by atoms with Crippen molar-refractivity contribution in [2.24, 2.45) is 0 Å². The Hall–Kier alpha value is 0.320. The molecule has 4 heteroatoms. The summed E-state index contributed by atoms with van der Waals surface area (Å²) in [6.45, 7) is 0. The van der Waals surface area contributed by atoms with Crippen molar-refractivity contribution in [3.63, 3.8) is 0 Å². The Balaban J connectivity index is 2.85. The van der Waals surface area contributed by atoms with Crippen molar-refractivity contribution < 1.29 is 4.39 Å². The third-order valence-corrected chi connectivity index (χ3v) is 5.44. The van der Waals surface area contributed by atoms with E-state index in [0.717, 1.165) is 19.0 Å². The topological polar surface area (TPSA) is 0 Å². The van der Waals surface area contributed by atoms with Gasteiger partial charge in [-0.05, 0) is 34.7 Å². The van der Waals surface area contributed by atoms with Gasteiger partial charge in [-0.15, -0.1) is 11.3 Å². The minimum atomic E-state index is -0.120. The average molecular weight is 371 g/mol. The fourth-order valence-electron chi connectivity index (χ4n) is 1.21. The van der Waals surface area contributed by atoms with E-state index in [1.807, 2.05) is 6.07 Å². The molecule has 1 aromatic heterocycles. The van der Waals surface area contributed by atoms with Crippen LogP contribution in [0.3, 0.4) is 0 Å². The van der Waals surface area contributed by atoms with Gasteiger partial charge in [-0.1, -0.05) is 22.0 Å². The number of rotatable bonds is 1. The molecule has 0 aliphatic carbocycles. The molecule has 0 amide bonds. The Morgan fingerprint density at radius 1 is 1.46 bits per heavy atom. The van der Waals surface area contributed by atoms with E-state index in [-0.39, 0.29) is 5.82 Å². The maximum absolute atomic E-state index is 13.4. The van der Waals surface area contributed by atoms with Crippen molar-refractivity contribution in [1.29, 1.82) is 0 Å². The Bertz CT molecular complexity index is 452. The summed E-state index contributed by atoms with van der Waals surface area (Å²) in [5.74, 6) is -0.120. The van der Waals surface area contributed by atoms with E-state index in [1.54, 1.807) is 17.4 Å². The number of thiophene rings is 1. The van der Waals surface area contributed by atoms with Crippen molar-refractivity contribution in [3.8, 4) is 0 Å². The smallest absolute Gasteiger partial charge is 0.132 e. The molecule has 0 atom stereocenters. The third-order valence-electron chi connectivity index (χ3n) is 1.79. The van der Waals surface area contributed by atoms with E-state index < -0.39 is 0 Å².